The van der Waals surface area contributed by atoms with Gasteiger partial charge in [0.05, 0.1) is 5.92 Å². The van der Waals surface area contributed by atoms with Gasteiger partial charge in [0.1, 0.15) is 0 Å². The molecule has 2 N–H and O–H groups in total. The summed E-state index contributed by atoms with van der Waals surface area (Å²) in [6.07, 6.45) is 3.40. The molecule has 1 heterocycles. The van der Waals surface area contributed by atoms with Gasteiger partial charge in [-0.15, -0.1) is 0 Å². The third-order valence-electron chi connectivity index (χ3n) is 3.16. The second-order valence-corrected chi connectivity index (χ2v) is 4.54. The van der Waals surface area contributed by atoms with E-state index in [0.29, 0.717) is 12.6 Å². The standard InChI is InChI=1S/C10H18N2O2/c1-12-5-4-9(11-7-2-3-7)8(6-12)10(13)14/h7-9,11H,2-6H2,1H3,(H,13,14). The van der Waals surface area contributed by atoms with Gasteiger partial charge in [0.25, 0.3) is 0 Å². The summed E-state index contributed by atoms with van der Waals surface area (Å²) in [7, 11) is 1.99. The fraction of sp³-hybridized carbons (Fsp3) is 0.900. The Morgan fingerprint density at radius 1 is 1.43 bits per heavy atom. The Morgan fingerprint density at radius 3 is 2.71 bits per heavy atom. The lowest BCUT2D eigenvalue weighted by Gasteiger charge is -2.35. The maximum absolute atomic E-state index is 11.0. The molecule has 1 aliphatic heterocycles. The first-order valence-electron chi connectivity index (χ1n) is 5.34. The highest BCUT2D eigenvalue weighted by Gasteiger charge is 2.36. The molecule has 2 fully saturated rings. The van der Waals surface area contributed by atoms with Gasteiger partial charge < -0.3 is 15.3 Å². The van der Waals surface area contributed by atoms with Crippen molar-refractivity contribution < 1.29 is 9.90 Å². The fourth-order valence-corrected chi connectivity index (χ4v) is 2.12. The van der Waals surface area contributed by atoms with Crippen molar-refractivity contribution in [1.82, 2.24) is 10.2 Å². The molecule has 0 spiro atoms. The molecule has 1 saturated heterocycles. The van der Waals surface area contributed by atoms with Crippen molar-refractivity contribution in [2.45, 2.75) is 31.3 Å². The third-order valence-corrected chi connectivity index (χ3v) is 3.16. The Kier molecular flexibility index (Phi) is 2.74. The molecular weight excluding hydrogens is 180 g/mol. The minimum atomic E-state index is -0.658. The summed E-state index contributed by atoms with van der Waals surface area (Å²) in [5.74, 6) is -0.885. The SMILES string of the molecule is CN1CCC(NC2CC2)C(C(=O)O)C1. The van der Waals surface area contributed by atoms with Crippen LogP contribution in [0.15, 0.2) is 0 Å². The van der Waals surface area contributed by atoms with Crippen LogP contribution >= 0.6 is 0 Å². The number of carboxylic acids is 1. The molecular formula is C10H18N2O2. The Labute approximate surface area is 84.3 Å². The normalized spacial score (nSPS) is 34.4. The van der Waals surface area contributed by atoms with Crippen LogP contribution in [-0.4, -0.2) is 48.2 Å². The maximum atomic E-state index is 11.0. The molecule has 0 bridgehead atoms. The van der Waals surface area contributed by atoms with Gasteiger partial charge in [-0.05, 0) is 32.9 Å². The van der Waals surface area contributed by atoms with Crippen molar-refractivity contribution in [3.8, 4) is 0 Å². The van der Waals surface area contributed by atoms with E-state index in [0.717, 1.165) is 13.0 Å². The molecule has 0 aromatic carbocycles. The van der Waals surface area contributed by atoms with Crippen LogP contribution < -0.4 is 5.32 Å². The smallest absolute Gasteiger partial charge is 0.309 e. The summed E-state index contributed by atoms with van der Waals surface area (Å²) < 4.78 is 0. The monoisotopic (exact) mass is 198 g/mol. The predicted molar refractivity (Wildman–Crippen MR) is 53.2 cm³/mol. The van der Waals surface area contributed by atoms with Crippen LogP contribution in [-0.2, 0) is 4.79 Å². The summed E-state index contributed by atoms with van der Waals surface area (Å²) in [5.41, 5.74) is 0. The molecule has 4 heteroatoms. The molecule has 0 radical (unpaired) electrons. The van der Waals surface area contributed by atoms with Crippen LogP contribution in [0.25, 0.3) is 0 Å². The number of piperidine rings is 1. The number of rotatable bonds is 3. The van der Waals surface area contributed by atoms with Gasteiger partial charge in [0, 0.05) is 18.6 Å². The van der Waals surface area contributed by atoms with E-state index in [1.54, 1.807) is 0 Å². The number of likely N-dealkylation sites (tertiary alicyclic amines) is 1. The Hall–Kier alpha value is -0.610. The van der Waals surface area contributed by atoms with E-state index in [1.165, 1.54) is 12.8 Å². The van der Waals surface area contributed by atoms with E-state index >= 15 is 0 Å². The zero-order chi connectivity index (χ0) is 10.1. The van der Waals surface area contributed by atoms with Crippen molar-refractivity contribution in [3.05, 3.63) is 0 Å². The molecule has 1 saturated carbocycles. The maximum Gasteiger partial charge on any atom is 0.309 e. The molecule has 2 unspecified atom stereocenters. The van der Waals surface area contributed by atoms with Crippen LogP contribution in [0.2, 0.25) is 0 Å². The number of aliphatic carboxylic acids is 1. The quantitative estimate of drug-likeness (QED) is 0.677. The summed E-state index contributed by atoms with van der Waals surface area (Å²) in [4.78, 5) is 13.1. The molecule has 0 aromatic heterocycles. The van der Waals surface area contributed by atoms with Crippen LogP contribution in [0.3, 0.4) is 0 Å². The predicted octanol–water partition coefficient (Wildman–Crippen LogP) is 0.143. The highest BCUT2D eigenvalue weighted by Crippen LogP contribution is 2.24. The van der Waals surface area contributed by atoms with Crippen LogP contribution in [0.5, 0.6) is 0 Å². The number of nitrogens with zero attached hydrogens (tertiary/aromatic N) is 1. The summed E-state index contributed by atoms with van der Waals surface area (Å²) in [5, 5.41) is 12.5. The number of carboxylic acid groups (broad SMARTS) is 1. The number of carbonyl (C=O) groups is 1. The third kappa shape index (κ3) is 2.25. The van der Waals surface area contributed by atoms with Gasteiger partial charge in [-0.1, -0.05) is 0 Å². The van der Waals surface area contributed by atoms with Crippen LogP contribution in [0.4, 0.5) is 0 Å². The van der Waals surface area contributed by atoms with Gasteiger partial charge in [-0.25, -0.2) is 0 Å². The molecule has 0 aromatic rings. The van der Waals surface area contributed by atoms with Crippen molar-refractivity contribution in [2.24, 2.45) is 5.92 Å². The highest BCUT2D eigenvalue weighted by atomic mass is 16.4. The Balaban J connectivity index is 1.93. The minimum Gasteiger partial charge on any atom is -0.481 e. The zero-order valence-electron chi connectivity index (χ0n) is 8.57. The lowest BCUT2D eigenvalue weighted by molar-refractivity contribution is -0.144. The number of hydrogen-bond acceptors (Lipinski definition) is 3. The first-order valence-corrected chi connectivity index (χ1v) is 5.34. The highest BCUT2D eigenvalue weighted by molar-refractivity contribution is 5.71. The van der Waals surface area contributed by atoms with E-state index in [2.05, 4.69) is 10.2 Å². The van der Waals surface area contributed by atoms with Gasteiger partial charge in [-0.2, -0.15) is 0 Å². The van der Waals surface area contributed by atoms with Crippen molar-refractivity contribution in [2.75, 3.05) is 20.1 Å². The number of hydrogen-bond donors (Lipinski definition) is 2. The Morgan fingerprint density at radius 2 is 2.14 bits per heavy atom. The molecule has 4 nitrogen and oxygen atoms in total. The summed E-state index contributed by atoms with van der Waals surface area (Å²) in [6.45, 7) is 1.69. The summed E-state index contributed by atoms with van der Waals surface area (Å²) in [6, 6.07) is 0.793. The molecule has 2 rings (SSSR count). The van der Waals surface area contributed by atoms with Gasteiger partial charge in [0.15, 0.2) is 0 Å². The Bertz CT molecular complexity index is 228. The second kappa shape index (κ2) is 3.87. The van der Waals surface area contributed by atoms with E-state index in [9.17, 15) is 4.79 Å². The average molecular weight is 198 g/mol. The van der Waals surface area contributed by atoms with E-state index in [1.807, 2.05) is 7.05 Å². The number of nitrogens with one attached hydrogen (secondary N) is 1. The first kappa shape index (κ1) is 9.93. The first-order chi connectivity index (χ1) is 6.66. The van der Waals surface area contributed by atoms with Crippen molar-refractivity contribution >= 4 is 5.97 Å². The zero-order valence-corrected chi connectivity index (χ0v) is 8.57. The molecule has 0 amide bonds. The van der Waals surface area contributed by atoms with Gasteiger partial charge >= 0.3 is 5.97 Å². The van der Waals surface area contributed by atoms with E-state index in [4.69, 9.17) is 5.11 Å². The van der Waals surface area contributed by atoms with E-state index < -0.39 is 5.97 Å². The molecule has 2 aliphatic rings. The average Bonchev–Trinajstić information content (AvgIpc) is 2.91. The largest absolute Gasteiger partial charge is 0.481 e. The van der Waals surface area contributed by atoms with Crippen LogP contribution in [0.1, 0.15) is 19.3 Å². The van der Waals surface area contributed by atoms with Crippen molar-refractivity contribution in [3.63, 3.8) is 0 Å². The lowest BCUT2D eigenvalue weighted by Crippen LogP contribution is -2.51. The fourth-order valence-electron chi connectivity index (χ4n) is 2.12. The van der Waals surface area contributed by atoms with Crippen LogP contribution in [0, 0.1) is 5.92 Å². The summed E-state index contributed by atoms with van der Waals surface area (Å²) >= 11 is 0. The minimum absolute atomic E-state index is 0.191. The topological polar surface area (TPSA) is 52.6 Å². The van der Waals surface area contributed by atoms with Gasteiger partial charge in [0.2, 0.25) is 0 Å². The molecule has 2 atom stereocenters. The molecule has 1 aliphatic carbocycles. The lowest BCUT2D eigenvalue weighted by atomic mass is 9.92. The van der Waals surface area contributed by atoms with Gasteiger partial charge in [-0.3, -0.25) is 4.79 Å². The molecule has 80 valence electrons. The second-order valence-electron chi connectivity index (χ2n) is 4.54. The van der Waals surface area contributed by atoms with Crippen molar-refractivity contribution in [1.29, 1.82) is 0 Å². The van der Waals surface area contributed by atoms with E-state index in [-0.39, 0.29) is 12.0 Å². The molecule has 14 heavy (non-hydrogen) atoms.